The van der Waals surface area contributed by atoms with Crippen molar-refractivity contribution in [2.75, 3.05) is 36.4 Å². The lowest BCUT2D eigenvalue weighted by Gasteiger charge is -2.37. The number of carbonyl (C=O) groups excluding carboxylic acids is 2. The number of nitrogens with one attached hydrogen (secondary N) is 1. The minimum absolute atomic E-state index is 0.00558. The van der Waals surface area contributed by atoms with Gasteiger partial charge in [-0.2, -0.15) is 0 Å². The zero-order chi connectivity index (χ0) is 25.8. The molecule has 2 aromatic carbocycles. The topological polar surface area (TPSA) is 65.8 Å². The summed E-state index contributed by atoms with van der Waals surface area (Å²) in [5.74, 6) is 0.958. The molecule has 36 heavy (non-hydrogen) atoms. The van der Waals surface area contributed by atoms with Crippen LogP contribution in [0.2, 0.25) is 15.1 Å². The Bertz CT molecular complexity index is 1270. The third-order valence-corrected chi connectivity index (χ3v) is 6.55. The molecule has 0 radical (unpaired) electrons. The van der Waals surface area contributed by atoms with Crippen LogP contribution in [0.15, 0.2) is 59.0 Å². The van der Waals surface area contributed by atoms with E-state index in [1.165, 1.54) is 6.08 Å². The highest BCUT2D eigenvalue weighted by atomic mass is 35.5. The molecule has 0 aliphatic carbocycles. The first-order valence-corrected chi connectivity index (χ1v) is 12.7. The number of amides is 2. The van der Waals surface area contributed by atoms with Crippen LogP contribution in [-0.2, 0) is 9.59 Å². The third kappa shape index (κ3) is 6.44. The smallest absolute Gasteiger partial charge is 0.248 e. The van der Waals surface area contributed by atoms with Gasteiger partial charge in [0.25, 0.3) is 0 Å². The molecule has 6 nitrogen and oxygen atoms in total. The van der Waals surface area contributed by atoms with Crippen molar-refractivity contribution in [3.05, 3.63) is 75.4 Å². The van der Waals surface area contributed by atoms with Gasteiger partial charge in [-0.3, -0.25) is 9.59 Å². The SMILES string of the molecule is CC(C)C(=O)N1CCN(c2ccc(NC(=O)/C=C/c3ccc(-c4cc(Cl)cc(Cl)c4)o3)cc2Cl)CC1. The number of hydrogen-bond acceptors (Lipinski definition) is 4. The van der Waals surface area contributed by atoms with E-state index < -0.39 is 0 Å². The first-order valence-electron chi connectivity index (χ1n) is 11.6. The summed E-state index contributed by atoms with van der Waals surface area (Å²) in [6.45, 7) is 6.57. The van der Waals surface area contributed by atoms with E-state index in [4.69, 9.17) is 39.2 Å². The molecule has 1 fully saturated rings. The molecule has 188 valence electrons. The molecule has 2 amide bonds. The van der Waals surface area contributed by atoms with Crippen LogP contribution < -0.4 is 10.2 Å². The molecule has 1 aliphatic heterocycles. The Morgan fingerprint density at radius 2 is 1.64 bits per heavy atom. The number of benzene rings is 2. The van der Waals surface area contributed by atoms with E-state index in [-0.39, 0.29) is 17.7 Å². The van der Waals surface area contributed by atoms with E-state index in [9.17, 15) is 9.59 Å². The molecular weight excluding hydrogens is 521 g/mol. The van der Waals surface area contributed by atoms with Gasteiger partial charge in [-0.05, 0) is 54.6 Å². The van der Waals surface area contributed by atoms with Gasteiger partial charge in [-0.25, -0.2) is 0 Å². The van der Waals surface area contributed by atoms with Gasteiger partial charge in [0.1, 0.15) is 11.5 Å². The second kappa shape index (κ2) is 11.4. The van der Waals surface area contributed by atoms with Crippen molar-refractivity contribution in [3.63, 3.8) is 0 Å². The van der Waals surface area contributed by atoms with Crippen LogP contribution in [0.25, 0.3) is 17.4 Å². The first kappa shape index (κ1) is 26.1. The highest BCUT2D eigenvalue weighted by Crippen LogP contribution is 2.31. The average molecular weight is 547 g/mol. The number of hydrogen-bond donors (Lipinski definition) is 1. The summed E-state index contributed by atoms with van der Waals surface area (Å²) in [5, 5.41) is 4.38. The Hall–Kier alpha value is -2.93. The Labute approximate surface area is 225 Å². The highest BCUT2D eigenvalue weighted by Gasteiger charge is 2.24. The van der Waals surface area contributed by atoms with Gasteiger partial charge < -0.3 is 19.5 Å². The maximum absolute atomic E-state index is 12.4. The van der Waals surface area contributed by atoms with Crippen LogP contribution >= 0.6 is 34.8 Å². The molecule has 1 saturated heterocycles. The van der Waals surface area contributed by atoms with Gasteiger partial charge in [0.15, 0.2) is 0 Å². The fourth-order valence-electron chi connectivity index (χ4n) is 4.01. The fourth-order valence-corrected chi connectivity index (χ4v) is 4.84. The first-order chi connectivity index (χ1) is 17.2. The van der Waals surface area contributed by atoms with Crippen LogP contribution in [-0.4, -0.2) is 42.9 Å². The molecule has 9 heteroatoms. The van der Waals surface area contributed by atoms with Crippen molar-refractivity contribution < 1.29 is 14.0 Å². The van der Waals surface area contributed by atoms with Crippen LogP contribution in [0.1, 0.15) is 19.6 Å². The van der Waals surface area contributed by atoms with Gasteiger partial charge in [0.2, 0.25) is 11.8 Å². The lowest BCUT2D eigenvalue weighted by molar-refractivity contribution is -0.134. The van der Waals surface area contributed by atoms with Crippen LogP contribution in [0.4, 0.5) is 11.4 Å². The molecule has 0 spiro atoms. The van der Waals surface area contributed by atoms with Gasteiger partial charge in [0, 0.05) is 59.5 Å². The zero-order valence-electron chi connectivity index (χ0n) is 19.9. The van der Waals surface area contributed by atoms with Gasteiger partial charge in [-0.1, -0.05) is 48.7 Å². The minimum atomic E-state index is -0.316. The van der Waals surface area contributed by atoms with Crippen molar-refractivity contribution in [1.29, 1.82) is 0 Å². The zero-order valence-corrected chi connectivity index (χ0v) is 22.2. The highest BCUT2D eigenvalue weighted by molar-refractivity contribution is 6.35. The van der Waals surface area contributed by atoms with E-state index in [0.29, 0.717) is 58.5 Å². The summed E-state index contributed by atoms with van der Waals surface area (Å²) < 4.78 is 5.78. The predicted molar refractivity (Wildman–Crippen MR) is 147 cm³/mol. The normalized spacial score (nSPS) is 14.1. The predicted octanol–water partition coefficient (Wildman–Crippen LogP) is 6.86. The maximum atomic E-state index is 12.4. The van der Waals surface area contributed by atoms with Crippen molar-refractivity contribution in [1.82, 2.24) is 4.90 Å². The molecule has 0 unspecified atom stereocenters. The second-order valence-electron chi connectivity index (χ2n) is 8.82. The van der Waals surface area contributed by atoms with Crippen molar-refractivity contribution in [2.24, 2.45) is 5.92 Å². The molecule has 0 atom stereocenters. The Morgan fingerprint density at radius 1 is 0.944 bits per heavy atom. The maximum Gasteiger partial charge on any atom is 0.248 e. The van der Waals surface area contributed by atoms with E-state index in [2.05, 4.69) is 10.2 Å². The molecule has 0 saturated carbocycles. The van der Waals surface area contributed by atoms with E-state index in [1.807, 2.05) is 30.9 Å². The number of piperazine rings is 1. The number of carbonyl (C=O) groups is 2. The van der Waals surface area contributed by atoms with Crippen LogP contribution in [0, 0.1) is 5.92 Å². The number of halogens is 3. The van der Waals surface area contributed by atoms with E-state index in [0.717, 1.165) is 11.3 Å². The van der Waals surface area contributed by atoms with Crippen molar-refractivity contribution in [3.8, 4) is 11.3 Å². The van der Waals surface area contributed by atoms with E-state index in [1.54, 1.807) is 42.5 Å². The lowest BCUT2D eigenvalue weighted by atomic mass is 10.1. The number of furan rings is 1. The minimum Gasteiger partial charge on any atom is -0.457 e. The van der Waals surface area contributed by atoms with Gasteiger partial charge >= 0.3 is 0 Å². The van der Waals surface area contributed by atoms with Crippen LogP contribution in [0.5, 0.6) is 0 Å². The van der Waals surface area contributed by atoms with E-state index >= 15 is 0 Å². The number of nitrogens with zero attached hydrogens (tertiary/aromatic N) is 2. The molecular formula is C27H26Cl3N3O3. The molecule has 4 rings (SSSR count). The molecule has 1 N–H and O–H groups in total. The standard InChI is InChI=1S/C27H26Cl3N3O3/c1-17(2)27(35)33-11-9-32(10-12-33)24-6-3-21(16-23(24)30)31-26(34)8-5-22-4-7-25(36-22)18-13-19(28)15-20(29)14-18/h3-8,13-17H,9-12H2,1-2H3,(H,31,34)/b8-5+. The molecule has 1 aromatic heterocycles. The summed E-state index contributed by atoms with van der Waals surface area (Å²) >= 11 is 18.6. The Kier molecular flexibility index (Phi) is 8.29. The average Bonchev–Trinajstić information content (AvgIpc) is 3.31. The molecule has 1 aliphatic rings. The van der Waals surface area contributed by atoms with Gasteiger partial charge in [0.05, 0.1) is 10.7 Å². The monoisotopic (exact) mass is 545 g/mol. The van der Waals surface area contributed by atoms with Crippen molar-refractivity contribution in [2.45, 2.75) is 13.8 Å². The lowest BCUT2D eigenvalue weighted by Crippen LogP contribution is -2.50. The Morgan fingerprint density at radius 3 is 2.28 bits per heavy atom. The number of rotatable bonds is 6. The molecule has 0 bridgehead atoms. The van der Waals surface area contributed by atoms with Crippen molar-refractivity contribution >= 4 is 64.1 Å². The second-order valence-corrected chi connectivity index (χ2v) is 10.1. The quantitative estimate of drug-likeness (QED) is 0.343. The summed E-state index contributed by atoms with van der Waals surface area (Å²) in [5.41, 5.74) is 2.21. The van der Waals surface area contributed by atoms with Gasteiger partial charge in [-0.15, -0.1) is 0 Å². The summed E-state index contributed by atoms with van der Waals surface area (Å²) in [6.07, 6.45) is 2.97. The number of anilines is 2. The third-order valence-electron chi connectivity index (χ3n) is 5.81. The molecule has 2 heterocycles. The van der Waals surface area contributed by atoms with Crippen LogP contribution in [0.3, 0.4) is 0 Å². The summed E-state index contributed by atoms with van der Waals surface area (Å²) in [7, 11) is 0. The fraction of sp³-hybridized carbons (Fsp3) is 0.259. The summed E-state index contributed by atoms with van der Waals surface area (Å²) in [4.78, 5) is 28.7. The molecule has 3 aromatic rings. The Balaban J connectivity index is 1.35. The largest absolute Gasteiger partial charge is 0.457 e. The summed E-state index contributed by atoms with van der Waals surface area (Å²) in [6, 6.07) is 14.1.